The Morgan fingerprint density at radius 2 is 1.59 bits per heavy atom. The smallest absolute Gasteiger partial charge is 0.229 e. The Labute approximate surface area is 251 Å². The van der Waals surface area contributed by atoms with Crippen LogP contribution in [-0.4, -0.2) is 80.5 Å². The van der Waals surface area contributed by atoms with E-state index in [0.29, 0.717) is 35.6 Å². The summed E-state index contributed by atoms with van der Waals surface area (Å²) in [6.45, 7) is 9.82. The van der Waals surface area contributed by atoms with Crippen molar-refractivity contribution in [2.45, 2.75) is 56.9 Å². The highest BCUT2D eigenvalue weighted by molar-refractivity contribution is 7.90. The molecule has 2 aromatic rings. The summed E-state index contributed by atoms with van der Waals surface area (Å²) in [5, 5.41) is 0. The fraction of sp³-hybridized carbons (Fsp3) is 0.562. The average Bonchev–Trinajstić information content (AvgIpc) is 3.47. The van der Waals surface area contributed by atoms with Crippen LogP contribution in [0.25, 0.3) is 0 Å². The molecule has 3 fully saturated rings. The summed E-state index contributed by atoms with van der Waals surface area (Å²) < 4.78 is 23.5. The van der Waals surface area contributed by atoms with E-state index in [1.54, 1.807) is 12.1 Å². The summed E-state index contributed by atoms with van der Waals surface area (Å²) in [5.74, 6) is 1.59. The van der Waals surface area contributed by atoms with Crippen LogP contribution in [0.4, 0.5) is 0 Å². The highest BCUT2D eigenvalue weighted by Gasteiger charge is 2.48. The zero-order valence-corrected chi connectivity index (χ0v) is 26.1. The molecular weight excluding hydrogens is 558 g/mol. The van der Waals surface area contributed by atoms with E-state index >= 15 is 0 Å². The third-order valence-electron chi connectivity index (χ3n) is 9.24. The minimum absolute atomic E-state index is 0. The molecule has 2 atom stereocenters. The standard InChI is InChI=1S/C32H43N3O4S.ClH/c1-24(2)19-30(36)35-22-27(29(23-35)26-7-5-4-6-8-26)21-33-16-13-32(14-17-33)15-18-34(31(32)37)20-25-9-11-28(12-10-25)40(3,38)39;/h4-12,24,27,29H,13-23H2,1-3H3;1H/t27-,29+;/m0./s1. The number of rotatable bonds is 8. The summed E-state index contributed by atoms with van der Waals surface area (Å²) in [4.78, 5) is 33.4. The Morgan fingerprint density at radius 3 is 2.20 bits per heavy atom. The molecule has 3 heterocycles. The molecular formula is C32H44ClN3O4S. The van der Waals surface area contributed by atoms with Crippen LogP contribution in [0.3, 0.4) is 0 Å². The van der Waals surface area contributed by atoms with E-state index in [9.17, 15) is 18.0 Å². The van der Waals surface area contributed by atoms with Crippen molar-refractivity contribution >= 4 is 34.1 Å². The Morgan fingerprint density at radius 1 is 0.951 bits per heavy atom. The quantitative estimate of drug-likeness (QED) is 0.441. The molecule has 3 aliphatic rings. The van der Waals surface area contributed by atoms with Gasteiger partial charge in [-0.15, -0.1) is 12.4 Å². The fourth-order valence-electron chi connectivity index (χ4n) is 6.88. The summed E-state index contributed by atoms with van der Waals surface area (Å²) >= 11 is 0. The average molecular weight is 602 g/mol. The summed E-state index contributed by atoms with van der Waals surface area (Å²) in [6.07, 6.45) is 4.43. The maximum Gasteiger partial charge on any atom is 0.229 e. The maximum atomic E-state index is 13.6. The van der Waals surface area contributed by atoms with Gasteiger partial charge in [0.15, 0.2) is 9.84 Å². The molecule has 0 saturated carbocycles. The van der Waals surface area contributed by atoms with Gasteiger partial charge in [-0.3, -0.25) is 9.59 Å². The van der Waals surface area contributed by atoms with Crippen LogP contribution in [-0.2, 0) is 26.0 Å². The molecule has 41 heavy (non-hydrogen) atoms. The zero-order valence-electron chi connectivity index (χ0n) is 24.5. The molecule has 0 unspecified atom stereocenters. The van der Waals surface area contributed by atoms with Crippen molar-refractivity contribution in [1.82, 2.24) is 14.7 Å². The lowest BCUT2D eigenvalue weighted by Gasteiger charge is -2.39. The van der Waals surface area contributed by atoms with Gasteiger partial charge in [-0.25, -0.2) is 8.42 Å². The number of piperidine rings is 1. The molecule has 0 N–H and O–H groups in total. The van der Waals surface area contributed by atoms with Crippen LogP contribution in [0.2, 0.25) is 0 Å². The van der Waals surface area contributed by atoms with Gasteiger partial charge in [0.25, 0.3) is 0 Å². The summed E-state index contributed by atoms with van der Waals surface area (Å²) in [5.41, 5.74) is 1.99. The monoisotopic (exact) mass is 601 g/mol. The van der Waals surface area contributed by atoms with E-state index in [4.69, 9.17) is 0 Å². The van der Waals surface area contributed by atoms with E-state index in [0.717, 1.165) is 64.1 Å². The van der Waals surface area contributed by atoms with Crippen molar-refractivity contribution < 1.29 is 18.0 Å². The number of hydrogen-bond acceptors (Lipinski definition) is 5. The van der Waals surface area contributed by atoms with Crippen molar-refractivity contribution in [2.24, 2.45) is 17.3 Å². The zero-order chi connectivity index (χ0) is 28.5. The van der Waals surface area contributed by atoms with Crippen molar-refractivity contribution in [2.75, 3.05) is 45.5 Å². The first kappa shape index (κ1) is 31.5. The number of halogens is 1. The number of carbonyl (C=O) groups is 2. The second-order valence-electron chi connectivity index (χ2n) is 12.6. The molecule has 2 amide bonds. The van der Waals surface area contributed by atoms with Crippen molar-refractivity contribution in [1.29, 1.82) is 0 Å². The molecule has 1 spiro atoms. The molecule has 0 bridgehead atoms. The minimum atomic E-state index is -3.23. The third-order valence-corrected chi connectivity index (χ3v) is 10.4. The van der Waals surface area contributed by atoms with Crippen LogP contribution in [0.15, 0.2) is 59.5 Å². The van der Waals surface area contributed by atoms with E-state index in [1.165, 1.54) is 11.8 Å². The SMILES string of the molecule is CC(C)CC(=O)N1C[C@H](CN2CCC3(CC2)CCN(Cc2ccc(S(C)(=O)=O)cc2)C3=O)[C@@H](c2ccccc2)C1.Cl. The van der Waals surface area contributed by atoms with Crippen molar-refractivity contribution in [3.63, 3.8) is 0 Å². The Bertz CT molecular complexity index is 1310. The van der Waals surface area contributed by atoms with Crippen LogP contribution in [0.1, 0.15) is 56.6 Å². The first-order valence-corrected chi connectivity index (χ1v) is 16.6. The Balaban J connectivity index is 0.00000387. The van der Waals surface area contributed by atoms with Crippen LogP contribution < -0.4 is 0 Å². The topological polar surface area (TPSA) is 78.0 Å². The molecule has 0 aliphatic carbocycles. The molecule has 3 saturated heterocycles. The van der Waals surface area contributed by atoms with E-state index in [2.05, 4.69) is 47.9 Å². The third kappa shape index (κ3) is 7.15. The normalized spacial score (nSPS) is 22.9. The number of hydrogen-bond donors (Lipinski definition) is 0. The molecule has 0 radical (unpaired) electrons. The molecule has 2 aromatic carbocycles. The second kappa shape index (κ2) is 12.8. The summed E-state index contributed by atoms with van der Waals surface area (Å²) in [7, 11) is -3.23. The van der Waals surface area contributed by atoms with Gasteiger partial charge < -0.3 is 14.7 Å². The van der Waals surface area contributed by atoms with Crippen LogP contribution >= 0.6 is 12.4 Å². The lowest BCUT2D eigenvalue weighted by Crippen LogP contribution is -2.46. The fourth-order valence-corrected chi connectivity index (χ4v) is 7.51. The number of likely N-dealkylation sites (tertiary alicyclic amines) is 3. The van der Waals surface area contributed by atoms with Crippen LogP contribution in [0.5, 0.6) is 0 Å². The molecule has 224 valence electrons. The minimum Gasteiger partial charge on any atom is -0.342 e. The van der Waals surface area contributed by atoms with Gasteiger partial charge in [-0.1, -0.05) is 56.3 Å². The number of benzene rings is 2. The molecule has 3 aliphatic heterocycles. The Kier molecular flexibility index (Phi) is 9.87. The maximum absolute atomic E-state index is 13.6. The predicted octanol–water partition coefficient (Wildman–Crippen LogP) is 4.61. The molecule has 7 nitrogen and oxygen atoms in total. The highest BCUT2D eigenvalue weighted by atomic mass is 35.5. The van der Waals surface area contributed by atoms with Gasteiger partial charge >= 0.3 is 0 Å². The van der Waals surface area contributed by atoms with Crippen molar-refractivity contribution in [3.05, 3.63) is 65.7 Å². The Hall–Kier alpha value is -2.42. The van der Waals surface area contributed by atoms with Gasteiger partial charge in [0, 0.05) is 51.3 Å². The second-order valence-corrected chi connectivity index (χ2v) is 14.7. The van der Waals surface area contributed by atoms with E-state index in [-0.39, 0.29) is 29.6 Å². The van der Waals surface area contributed by atoms with E-state index < -0.39 is 9.84 Å². The van der Waals surface area contributed by atoms with Crippen molar-refractivity contribution in [3.8, 4) is 0 Å². The lowest BCUT2D eigenvalue weighted by atomic mass is 9.76. The highest BCUT2D eigenvalue weighted by Crippen LogP contribution is 2.43. The summed E-state index contributed by atoms with van der Waals surface area (Å²) in [6, 6.07) is 17.5. The largest absolute Gasteiger partial charge is 0.342 e. The van der Waals surface area contributed by atoms with Gasteiger partial charge in [0.1, 0.15) is 0 Å². The number of carbonyl (C=O) groups excluding carboxylic acids is 2. The predicted molar refractivity (Wildman–Crippen MR) is 164 cm³/mol. The first-order valence-electron chi connectivity index (χ1n) is 14.7. The number of amides is 2. The number of sulfone groups is 1. The van der Waals surface area contributed by atoms with Gasteiger partial charge in [-0.2, -0.15) is 0 Å². The molecule has 0 aromatic heterocycles. The van der Waals surface area contributed by atoms with Crippen LogP contribution in [0, 0.1) is 17.3 Å². The molecule has 9 heteroatoms. The number of nitrogens with zero attached hydrogens (tertiary/aromatic N) is 3. The van der Waals surface area contributed by atoms with Gasteiger partial charge in [0.2, 0.25) is 11.8 Å². The first-order chi connectivity index (χ1) is 19.0. The lowest BCUT2D eigenvalue weighted by molar-refractivity contribution is -0.139. The van der Waals surface area contributed by atoms with Gasteiger partial charge in [-0.05, 0) is 67.4 Å². The van der Waals surface area contributed by atoms with Gasteiger partial charge in [0.05, 0.1) is 10.3 Å². The molecule has 5 rings (SSSR count). The van der Waals surface area contributed by atoms with E-state index in [1.807, 2.05) is 23.1 Å².